The molecule has 2 N–H and O–H groups in total. The van der Waals surface area contributed by atoms with Crippen LogP contribution in [0.5, 0.6) is 0 Å². The van der Waals surface area contributed by atoms with Crippen molar-refractivity contribution in [2.24, 2.45) is 7.05 Å². The van der Waals surface area contributed by atoms with E-state index in [1.165, 1.54) is 0 Å². The van der Waals surface area contributed by atoms with Crippen LogP contribution in [0.4, 0.5) is 11.5 Å². The summed E-state index contributed by atoms with van der Waals surface area (Å²) >= 11 is 0. The van der Waals surface area contributed by atoms with Gasteiger partial charge < -0.3 is 10.4 Å². The Kier molecular flexibility index (Phi) is 5.31. The number of hydrogen-bond donors (Lipinski definition) is 2. The van der Waals surface area contributed by atoms with Gasteiger partial charge in [-0.15, -0.1) is 0 Å². The summed E-state index contributed by atoms with van der Waals surface area (Å²) in [6, 6.07) is 11.7. The summed E-state index contributed by atoms with van der Waals surface area (Å²) in [4.78, 5) is 15.5. The van der Waals surface area contributed by atoms with E-state index in [1.807, 2.05) is 62.8 Å². The number of pyridine rings is 1. The highest BCUT2D eigenvalue weighted by molar-refractivity contribution is 5.80. The molecular formula is C20H22N4O2. The molecule has 0 fully saturated rings. The lowest BCUT2D eigenvalue weighted by atomic mass is 9.91. The lowest BCUT2D eigenvalue weighted by Crippen LogP contribution is -2.06. The van der Waals surface area contributed by atoms with E-state index in [4.69, 9.17) is 0 Å². The van der Waals surface area contributed by atoms with Crippen molar-refractivity contribution in [3.05, 3.63) is 60.6 Å². The largest absolute Gasteiger partial charge is 0.481 e. The van der Waals surface area contributed by atoms with E-state index in [2.05, 4.69) is 15.4 Å². The molecule has 134 valence electrons. The van der Waals surface area contributed by atoms with Crippen LogP contribution in [0.2, 0.25) is 0 Å². The number of carboxylic acids is 1. The predicted molar refractivity (Wildman–Crippen MR) is 101 cm³/mol. The average molecular weight is 350 g/mol. The standard InChI is InChI=1S/C20H22N4O2/c1-3-14(11-20(25)26)15-7-8-17(16-12-22-24(2)13-16)18(10-15)23-19-6-4-5-9-21-19/h4-10,12-14H,3,11H2,1-2H3,(H,21,23)(H,25,26)/t14-/m1/s1. The Hall–Kier alpha value is -3.15. The number of carboxylic acid groups (broad SMARTS) is 1. The molecule has 0 aliphatic heterocycles. The lowest BCUT2D eigenvalue weighted by molar-refractivity contribution is -0.137. The molecule has 0 amide bonds. The van der Waals surface area contributed by atoms with Crippen LogP contribution < -0.4 is 5.32 Å². The van der Waals surface area contributed by atoms with Crippen molar-refractivity contribution in [2.75, 3.05) is 5.32 Å². The average Bonchev–Trinajstić information content (AvgIpc) is 3.06. The molecule has 0 saturated carbocycles. The van der Waals surface area contributed by atoms with E-state index in [9.17, 15) is 9.90 Å². The molecule has 0 saturated heterocycles. The van der Waals surface area contributed by atoms with Gasteiger partial charge in [0.05, 0.1) is 12.6 Å². The highest BCUT2D eigenvalue weighted by Gasteiger charge is 2.16. The highest BCUT2D eigenvalue weighted by atomic mass is 16.4. The van der Waals surface area contributed by atoms with Gasteiger partial charge >= 0.3 is 5.97 Å². The van der Waals surface area contributed by atoms with E-state index in [-0.39, 0.29) is 12.3 Å². The molecule has 6 nitrogen and oxygen atoms in total. The van der Waals surface area contributed by atoms with Crippen LogP contribution >= 0.6 is 0 Å². The molecule has 3 rings (SSSR count). The van der Waals surface area contributed by atoms with Crippen molar-refractivity contribution in [2.45, 2.75) is 25.7 Å². The monoisotopic (exact) mass is 350 g/mol. The number of rotatable bonds is 7. The minimum absolute atomic E-state index is 0.0280. The van der Waals surface area contributed by atoms with E-state index in [0.29, 0.717) is 0 Å². The second-order valence-electron chi connectivity index (χ2n) is 6.25. The minimum atomic E-state index is -0.785. The molecule has 26 heavy (non-hydrogen) atoms. The van der Waals surface area contributed by atoms with Gasteiger partial charge in [-0.2, -0.15) is 5.10 Å². The van der Waals surface area contributed by atoms with Crippen LogP contribution in [0.15, 0.2) is 55.0 Å². The maximum atomic E-state index is 11.2. The maximum absolute atomic E-state index is 11.2. The van der Waals surface area contributed by atoms with Gasteiger partial charge in [0, 0.05) is 36.3 Å². The molecule has 0 bridgehead atoms. The normalized spacial score (nSPS) is 11.9. The van der Waals surface area contributed by atoms with Crippen LogP contribution in [0.25, 0.3) is 11.1 Å². The van der Waals surface area contributed by atoms with E-state index in [0.717, 1.165) is 34.6 Å². The van der Waals surface area contributed by atoms with Crippen molar-refractivity contribution >= 4 is 17.5 Å². The van der Waals surface area contributed by atoms with Crippen LogP contribution in [-0.4, -0.2) is 25.8 Å². The van der Waals surface area contributed by atoms with Crippen LogP contribution in [0.1, 0.15) is 31.2 Å². The number of hydrogen-bond acceptors (Lipinski definition) is 4. The molecule has 2 aromatic heterocycles. The summed E-state index contributed by atoms with van der Waals surface area (Å²) < 4.78 is 1.76. The zero-order chi connectivity index (χ0) is 18.5. The van der Waals surface area contributed by atoms with Crippen molar-refractivity contribution < 1.29 is 9.90 Å². The Bertz CT molecular complexity index is 890. The number of anilines is 2. The quantitative estimate of drug-likeness (QED) is 0.668. The minimum Gasteiger partial charge on any atom is -0.481 e. The smallest absolute Gasteiger partial charge is 0.303 e. The second kappa shape index (κ2) is 7.82. The first-order valence-electron chi connectivity index (χ1n) is 8.59. The van der Waals surface area contributed by atoms with Crippen molar-refractivity contribution in [3.63, 3.8) is 0 Å². The third-order valence-corrected chi connectivity index (χ3v) is 4.37. The fourth-order valence-electron chi connectivity index (χ4n) is 3.01. The van der Waals surface area contributed by atoms with Crippen LogP contribution in [-0.2, 0) is 11.8 Å². The molecule has 0 aliphatic carbocycles. The fourth-order valence-corrected chi connectivity index (χ4v) is 3.01. The van der Waals surface area contributed by atoms with Gasteiger partial charge in [-0.3, -0.25) is 9.48 Å². The number of nitrogens with zero attached hydrogens (tertiary/aromatic N) is 3. The van der Waals surface area contributed by atoms with Gasteiger partial charge in [0.25, 0.3) is 0 Å². The highest BCUT2D eigenvalue weighted by Crippen LogP contribution is 2.34. The number of benzene rings is 1. The molecule has 1 aromatic carbocycles. The number of aromatic nitrogens is 3. The molecule has 0 aliphatic rings. The van der Waals surface area contributed by atoms with Crippen molar-refractivity contribution in [1.29, 1.82) is 0 Å². The molecule has 0 spiro atoms. The van der Waals surface area contributed by atoms with Gasteiger partial charge in [0.2, 0.25) is 0 Å². The van der Waals surface area contributed by atoms with Gasteiger partial charge in [-0.25, -0.2) is 4.98 Å². The molecule has 0 unspecified atom stereocenters. The third kappa shape index (κ3) is 4.08. The first kappa shape index (κ1) is 17.7. The van der Waals surface area contributed by atoms with E-state index < -0.39 is 5.97 Å². The second-order valence-corrected chi connectivity index (χ2v) is 6.25. The molecular weight excluding hydrogens is 328 g/mol. The first-order valence-corrected chi connectivity index (χ1v) is 8.59. The van der Waals surface area contributed by atoms with E-state index >= 15 is 0 Å². The fraction of sp³-hybridized carbons (Fsp3) is 0.250. The number of nitrogens with one attached hydrogen (secondary N) is 1. The third-order valence-electron chi connectivity index (χ3n) is 4.37. The summed E-state index contributed by atoms with van der Waals surface area (Å²) in [5.74, 6) is -0.0757. The lowest BCUT2D eigenvalue weighted by Gasteiger charge is -2.17. The SMILES string of the molecule is CC[C@H](CC(=O)O)c1ccc(-c2cnn(C)c2)c(Nc2ccccn2)c1. The van der Waals surface area contributed by atoms with E-state index in [1.54, 1.807) is 10.9 Å². The zero-order valence-electron chi connectivity index (χ0n) is 14.9. The summed E-state index contributed by atoms with van der Waals surface area (Å²) in [5, 5.41) is 16.8. The number of aryl methyl sites for hydroxylation is 1. The number of aliphatic carboxylic acids is 1. The van der Waals surface area contributed by atoms with Gasteiger partial charge in [-0.05, 0) is 36.1 Å². The van der Waals surface area contributed by atoms with Gasteiger partial charge in [0.1, 0.15) is 5.82 Å². The maximum Gasteiger partial charge on any atom is 0.303 e. The van der Waals surface area contributed by atoms with Crippen molar-refractivity contribution in [1.82, 2.24) is 14.8 Å². The Morgan fingerprint density at radius 2 is 2.15 bits per heavy atom. The van der Waals surface area contributed by atoms with Crippen LogP contribution in [0, 0.1) is 0 Å². The molecule has 3 aromatic rings. The first-order chi connectivity index (χ1) is 12.6. The Balaban J connectivity index is 2.02. The Labute approximate surface area is 152 Å². The summed E-state index contributed by atoms with van der Waals surface area (Å²) in [7, 11) is 1.88. The summed E-state index contributed by atoms with van der Waals surface area (Å²) in [6.45, 7) is 2.01. The van der Waals surface area contributed by atoms with Crippen LogP contribution in [0.3, 0.4) is 0 Å². The topological polar surface area (TPSA) is 80.0 Å². The predicted octanol–water partition coefficient (Wildman–Crippen LogP) is 4.19. The Morgan fingerprint density at radius 1 is 1.31 bits per heavy atom. The summed E-state index contributed by atoms with van der Waals surface area (Å²) in [6.07, 6.45) is 6.38. The van der Waals surface area contributed by atoms with Crippen molar-refractivity contribution in [3.8, 4) is 11.1 Å². The zero-order valence-corrected chi connectivity index (χ0v) is 14.9. The molecule has 2 heterocycles. The number of carbonyl (C=O) groups is 1. The van der Waals surface area contributed by atoms with Gasteiger partial charge in [-0.1, -0.05) is 25.1 Å². The van der Waals surface area contributed by atoms with Gasteiger partial charge in [0.15, 0.2) is 0 Å². The molecule has 0 radical (unpaired) electrons. The Morgan fingerprint density at radius 3 is 2.77 bits per heavy atom. The molecule has 6 heteroatoms. The summed E-state index contributed by atoms with van der Waals surface area (Å²) in [5.41, 5.74) is 3.88. The molecule has 1 atom stereocenters.